The number of thioether (sulfide) groups is 1. The number of ether oxygens (including phenoxy) is 1. The van der Waals surface area contributed by atoms with Gasteiger partial charge in [-0.2, -0.15) is 11.8 Å². The Hall–Kier alpha value is -4.38. The third kappa shape index (κ3) is 5.79. The zero-order valence-electron chi connectivity index (χ0n) is 21.3. The summed E-state index contributed by atoms with van der Waals surface area (Å²) in [5.74, 6) is -1.98. The number of hydrogen-bond donors (Lipinski definition) is 1. The molecule has 4 aromatic rings. The largest absolute Gasteiger partial charge is 0.493 e. The van der Waals surface area contributed by atoms with Crippen molar-refractivity contribution in [2.45, 2.75) is 12.2 Å². The van der Waals surface area contributed by atoms with E-state index in [1.165, 1.54) is 4.90 Å². The molecule has 0 spiro atoms. The van der Waals surface area contributed by atoms with Crippen LogP contribution >= 0.6 is 11.8 Å². The van der Waals surface area contributed by atoms with Crippen LogP contribution in [0.2, 0.25) is 0 Å². The molecule has 0 saturated carbocycles. The van der Waals surface area contributed by atoms with E-state index in [9.17, 15) is 22.8 Å². The van der Waals surface area contributed by atoms with Gasteiger partial charge in [0.25, 0.3) is 11.8 Å². The zero-order chi connectivity index (χ0) is 28.2. The van der Waals surface area contributed by atoms with Crippen molar-refractivity contribution in [3.63, 3.8) is 0 Å². The van der Waals surface area contributed by atoms with Crippen molar-refractivity contribution in [2.24, 2.45) is 0 Å². The monoisotopic (exact) mass is 564 g/mol. The number of nitrogens with one attached hydrogen (secondary N) is 1. The highest BCUT2D eigenvalue weighted by Gasteiger charge is 2.34. The molecule has 7 nitrogen and oxygen atoms in total. The Bertz CT molecular complexity index is 1570. The molecule has 3 aromatic carbocycles. The predicted octanol–water partition coefficient (Wildman–Crippen LogP) is 6.23. The smallest absolute Gasteiger partial charge is 0.261 e. The molecule has 1 aliphatic rings. The fourth-order valence-corrected chi connectivity index (χ4v) is 4.85. The number of rotatable bonds is 10. The number of aromatic nitrogens is 2. The second kappa shape index (κ2) is 11.8. The highest BCUT2D eigenvalue weighted by molar-refractivity contribution is 7.97. The van der Waals surface area contributed by atoms with Gasteiger partial charge in [0.2, 0.25) is 5.95 Å². The number of carbonyl (C=O) groups is 2. The van der Waals surface area contributed by atoms with Crippen molar-refractivity contribution in [3.8, 4) is 17.0 Å². The molecule has 0 bridgehead atoms. The van der Waals surface area contributed by atoms with Gasteiger partial charge < -0.3 is 10.1 Å². The first-order chi connectivity index (χ1) is 19.3. The lowest BCUT2D eigenvalue weighted by Crippen LogP contribution is -2.31. The molecule has 40 heavy (non-hydrogen) atoms. The third-order valence-corrected chi connectivity index (χ3v) is 6.76. The Morgan fingerprint density at radius 3 is 2.38 bits per heavy atom. The molecule has 1 aliphatic heterocycles. The SMILES string of the molecule is CSCc1cc(Nc2ncc(F)c(-c3ccc(F)cc3F)n2)cc(OCCCN2C(=O)c3ccccc3C2=O)c1. The summed E-state index contributed by atoms with van der Waals surface area (Å²) in [5, 5.41) is 3.00. The molecule has 0 radical (unpaired) electrons. The van der Waals surface area contributed by atoms with Gasteiger partial charge in [-0.15, -0.1) is 0 Å². The topological polar surface area (TPSA) is 84.4 Å². The second-order valence-corrected chi connectivity index (χ2v) is 9.81. The molecule has 0 saturated heterocycles. The minimum absolute atomic E-state index is 0.0120. The first kappa shape index (κ1) is 27.2. The van der Waals surface area contributed by atoms with Crippen molar-refractivity contribution in [2.75, 3.05) is 24.7 Å². The number of nitrogens with zero attached hydrogens (tertiary/aromatic N) is 3. The van der Waals surface area contributed by atoms with E-state index in [4.69, 9.17) is 4.74 Å². The lowest BCUT2D eigenvalue weighted by Gasteiger charge is -2.15. The van der Waals surface area contributed by atoms with Crippen molar-refractivity contribution in [1.29, 1.82) is 0 Å². The minimum atomic E-state index is -0.942. The zero-order valence-corrected chi connectivity index (χ0v) is 22.1. The molecule has 204 valence electrons. The molecule has 2 amide bonds. The van der Waals surface area contributed by atoms with E-state index in [0.29, 0.717) is 40.8 Å². The van der Waals surface area contributed by atoms with Crippen LogP contribution in [0.3, 0.4) is 0 Å². The standard InChI is InChI=1S/C29H23F3N4O3S/c1-40-16-17-11-19(34-29-33-15-25(32)26(35-29)23-8-7-18(30)13-24(23)31)14-20(12-17)39-10-4-9-36-27(37)21-5-2-3-6-22(21)28(36)38/h2-3,5-8,11-15H,4,9-10,16H2,1H3,(H,33,34,35). The first-order valence-corrected chi connectivity index (χ1v) is 13.7. The van der Waals surface area contributed by atoms with Gasteiger partial charge >= 0.3 is 0 Å². The Labute approximate surface area is 232 Å². The maximum atomic E-state index is 14.4. The van der Waals surface area contributed by atoms with Crippen LogP contribution in [0, 0.1) is 17.5 Å². The van der Waals surface area contributed by atoms with Crippen LogP contribution in [-0.2, 0) is 5.75 Å². The fourth-order valence-electron chi connectivity index (χ4n) is 4.35. The summed E-state index contributed by atoms with van der Waals surface area (Å²) in [5.41, 5.74) is 1.80. The van der Waals surface area contributed by atoms with Gasteiger partial charge in [0.1, 0.15) is 23.1 Å². The van der Waals surface area contributed by atoms with Crippen LogP contribution in [-0.4, -0.2) is 46.1 Å². The molecule has 0 unspecified atom stereocenters. The maximum Gasteiger partial charge on any atom is 0.261 e. The Morgan fingerprint density at radius 2 is 1.68 bits per heavy atom. The van der Waals surface area contributed by atoms with Gasteiger partial charge in [-0.25, -0.2) is 23.1 Å². The lowest BCUT2D eigenvalue weighted by molar-refractivity contribution is 0.0646. The molecular weight excluding hydrogens is 541 g/mol. The number of anilines is 2. The molecule has 1 aromatic heterocycles. The Balaban J connectivity index is 1.28. The highest BCUT2D eigenvalue weighted by atomic mass is 32.2. The van der Waals surface area contributed by atoms with Crippen molar-refractivity contribution in [3.05, 3.63) is 101 Å². The molecule has 2 heterocycles. The van der Waals surface area contributed by atoms with Crippen LogP contribution in [0.5, 0.6) is 5.75 Å². The predicted molar refractivity (Wildman–Crippen MR) is 146 cm³/mol. The quantitative estimate of drug-likeness (QED) is 0.181. The van der Waals surface area contributed by atoms with Gasteiger partial charge in [-0.05, 0) is 54.6 Å². The fraction of sp³-hybridized carbons (Fsp3) is 0.172. The summed E-state index contributed by atoms with van der Waals surface area (Å²) in [4.78, 5) is 34.4. The van der Waals surface area contributed by atoms with E-state index in [-0.39, 0.29) is 42.2 Å². The molecule has 0 atom stereocenters. The van der Waals surface area contributed by atoms with Crippen LogP contribution in [0.4, 0.5) is 24.8 Å². The highest BCUT2D eigenvalue weighted by Crippen LogP contribution is 2.29. The van der Waals surface area contributed by atoms with E-state index in [1.54, 1.807) is 42.1 Å². The molecule has 0 fully saturated rings. The molecule has 11 heteroatoms. The molecule has 1 N–H and O–H groups in total. The van der Waals surface area contributed by atoms with Gasteiger partial charge in [-0.3, -0.25) is 14.5 Å². The second-order valence-electron chi connectivity index (χ2n) is 8.95. The van der Waals surface area contributed by atoms with E-state index in [1.807, 2.05) is 18.4 Å². The van der Waals surface area contributed by atoms with Crippen LogP contribution in [0.15, 0.2) is 66.9 Å². The third-order valence-electron chi connectivity index (χ3n) is 6.14. The minimum Gasteiger partial charge on any atom is -0.493 e. The summed E-state index contributed by atoms with van der Waals surface area (Å²) in [6, 6.07) is 15.0. The number of fused-ring (bicyclic) bond motifs is 1. The van der Waals surface area contributed by atoms with Gasteiger partial charge in [0.15, 0.2) is 5.82 Å². The number of hydrogen-bond acceptors (Lipinski definition) is 7. The summed E-state index contributed by atoms with van der Waals surface area (Å²) in [6.45, 7) is 0.463. The lowest BCUT2D eigenvalue weighted by atomic mass is 10.1. The van der Waals surface area contributed by atoms with Crippen LogP contribution in [0.25, 0.3) is 11.3 Å². The number of halogens is 3. The average molecular weight is 565 g/mol. The average Bonchev–Trinajstić information content (AvgIpc) is 3.17. The molecule has 5 rings (SSSR count). The van der Waals surface area contributed by atoms with E-state index in [0.717, 1.165) is 23.9 Å². The maximum absolute atomic E-state index is 14.4. The van der Waals surface area contributed by atoms with E-state index >= 15 is 0 Å². The van der Waals surface area contributed by atoms with E-state index < -0.39 is 17.5 Å². The normalized spacial score (nSPS) is 12.6. The van der Waals surface area contributed by atoms with Gasteiger partial charge in [0.05, 0.1) is 23.9 Å². The molecular formula is C29H23F3N4O3S. The van der Waals surface area contributed by atoms with Crippen molar-refractivity contribution < 1.29 is 27.5 Å². The van der Waals surface area contributed by atoms with Gasteiger partial charge in [0, 0.05) is 35.7 Å². The Kier molecular flexibility index (Phi) is 8.01. The van der Waals surface area contributed by atoms with Crippen molar-refractivity contribution >= 4 is 35.2 Å². The van der Waals surface area contributed by atoms with Crippen LogP contribution < -0.4 is 10.1 Å². The summed E-state index contributed by atoms with van der Waals surface area (Å²) >= 11 is 1.60. The summed E-state index contributed by atoms with van der Waals surface area (Å²) in [6.07, 6.45) is 3.29. The van der Waals surface area contributed by atoms with Crippen molar-refractivity contribution in [1.82, 2.24) is 14.9 Å². The first-order valence-electron chi connectivity index (χ1n) is 12.3. The number of benzene rings is 3. The molecule has 0 aliphatic carbocycles. The summed E-state index contributed by atoms with van der Waals surface area (Å²) < 4.78 is 48.0. The number of amides is 2. The Morgan fingerprint density at radius 1 is 0.925 bits per heavy atom. The van der Waals surface area contributed by atoms with Gasteiger partial charge in [-0.1, -0.05) is 12.1 Å². The number of carbonyl (C=O) groups excluding carboxylic acids is 2. The summed E-state index contributed by atoms with van der Waals surface area (Å²) in [7, 11) is 0. The number of imide groups is 1. The van der Waals surface area contributed by atoms with Crippen LogP contribution in [0.1, 0.15) is 32.7 Å². The van der Waals surface area contributed by atoms with E-state index in [2.05, 4.69) is 15.3 Å².